The van der Waals surface area contributed by atoms with E-state index in [0.29, 0.717) is 12.0 Å². The lowest BCUT2D eigenvalue weighted by atomic mass is 10.0. The lowest BCUT2D eigenvalue weighted by Gasteiger charge is -2.23. The van der Waals surface area contributed by atoms with Gasteiger partial charge in [-0.1, -0.05) is 12.1 Å². The number of nitriles is 1. The van der Waals surface area contributed by atoms with Crippen molar-refractivity contribution in [2.24, 2.45) is 0 Å². The molecule has 0 aliphatic carbocycles. The van der Waals surface area contributed by atoms with Gasteiger partial charge in [0.05, 0.1) is 17.0 Å². The first-order valence-electron chi connectivity index (χ1n) is 8.61. The first-order valence-corrected chi connectivity index (χ1v) is 10.4. The van der Waals surface area contributed by atoms with Crippen LogP contribution in [0.2, 0.25) is 0 Å². The van der Waals surface area contributed by atoms with Gasteiger partial charge in [-0.15, -0.1) is 0 Å². The summed E-state index contributed by atoms with van der Waals surface area (Å²) in [5.74, 6) is -1.66. The third-order valence-electron chi connectivity index (χ3n) is 4.34. The molecule has 2 rings (SSSR count). The predicted octanol–water partition coefficient (Wildman–Crippen LogP) is 0.896. The molecular formula is C19H23N3O5S. The summed E-state index contributed by atoms with van der Waals surface area (Å²) in [7, 11) is 0.627. The number of esters is 1. The maximum Gasteiger partial charge on any atom is 0.349 e. The summed E-state index contributed by atoms with van der Waals surface area (Å²) in [5.41, 5.74) is 0.509. The van der Waals surface area contributed by atoms with Crippen LogP contribution >= 0.6 is 0 Å². The Labute approximate surface area is 164 Å². The first kappa shape index (κ1) is 21.4. The van der Waals surface area contributed by atoms with E-state index in [0.717, 1.165) is 5.69 Å². The monoisotopic (exact) mass is 405 g/mol. The van der Waals surface area contributed by atoms with E-state index >= 15 is 0 Å². The van der Waals surface area contributed by atoms with Crippen LogP contribution in [0.5, 0.6) is 0 Å². The second kappa shape index (κ2) is 8.44. The molecule has 1 atom stereocenters. The Kier molecular flexibility index (Phi) is 6.46. The van der Waals surface area contributed by atoms with Gasteiger partial charge in [0.1, 0.15) is 11.6 Å². The van der Waals surface area contributed by atoms with Crippen LogP contribution in [0, 0.1) is 11.3 Å². The minimum Gasteiger partial charge on any atom is -0.451 e. The number of rotatable bonds is 6. The zero-order valence-electron chi connectivity index (χ0n) is 16.1. The van der Waals surface area contributed by atoms with Gasteiger partial charge in [0, 0.05) is 19.8 Å². The fourth-order valence-electron chi connectivity index (χ4n) is 2.86. The SMILES string of the molecule is CN(C)c1ccc(/C=C(\C#N)C(=O)OCC(=O)N[C@@]2(C)CCS(=O)(=O)C2)cc1. The summed E-state index contributed by atoms with van der Waals surface area (Å²) in [6.07, 6.45) is 1.69. The topological polar surface area (TPSA) is 117 Å². The van der Waals surface area contributed by atoms with E-state index in [-0.39, 0.29) is 17.1 Å². The van der Waals surface area contributed by atoms with Crippen LogP contribution in [-0.2, 0) is 24.2 Å². The highest BCUT2D eigenvalue weighted by atomic mass is 32.2. The van der Waals surface area contributed by atoms with Crippen molar-refractivity contribution in [3.05, 3.63) is 35.4 Å². The summed E-state index contributed by atoms with van der Waals surface area (Å²) in [5, 5.41) is 11.8. The number of carbonyl (C=O) groups is 2. The zero-order chi connectivity index (χ0) is 20.9. The van der Waals surface area contributed by atoms with E-state index in [2.05, 4.69) is 5.32 Å². The van der Waals surface area contributed by atoms with E-state index in [4.69, 9.17) is 4.74 Å². The van der Waals surface area contributed by atoms with Crippen molar-refractivity contribution >= 4 is 33.5 Å². The lowest BCUT2D eigenvalue weighted by Crippen LogP contribution is -2.48. The van der Waals surface area contributed by atoms with E-state index in [1.54, 1.807) is 25.1 Å². The van der Waals surface area contributed by atoms with Gasteiger partial charge in [-0.2, -0.15) is 5.26 Å². The fourth-order valence-corrected chi connectivity index (χ4v) is 4.96. The Morgan fingerprint density at radius 2 is 1.96 bits per heavy atom. The molecule has 0 unspecified atom stereocenters. The number of hydrogen-bond donors (Lipinski definition) is 1. The van der Waals surface area contributed by atoms with Crippen LogP contribution in [0.3, 0.4) is 0 Å². The molecule has 1 aliphatic heterocycles. The van der Waals surface area contributed by atoms with Crippen LogP contribution in [-0.4, -0.2) is 58.0 Å². The molecule has 0 bridgehead atoms. The number of anilines is 1. The summed E-state index contributed by atoms with van der Waals surface area (Å²) in [6, 6.07) is 8.97. The standard InChI is InChI=1S/C19H23N3O5S/c1-19(8-9-28(25,26)13-19)21-17(23)12-27-18(24)15(11-20)10-14-4-6-16(7-5-14)22(2)3/h4-7,10H,8-9,12-13H2,1-3H3,(H,21,23)/b15-10+/t19-/m0/s1. The average Bonchev–Trinajstić information content (AvgIpc) is 2.90. The maximum atomic E-state index is 12.1. The minimum atomic E-state index is -3.17. The number of hydrogen-bond acceptors (Lipinski definition) is 7. The number of sulfone groups is 1. The molecule has 1 heterocycles. The first-order chi connectivity index (χ1) is 13.0. The molecule has 9 heteroatoms. The van der Waals surface area contributed by atoms with Crippen molar-refractivity contribution in [1.29, 1.82) is 5.26 Å². The molecule has 150 valence electrons. The van der Waals surface area contributed by atoms with E-state index in [9.17, 15) is 23.3 Å². The average molecular weight is 405 g/mol. The van der Waals surface area contributed by atoms with Crippen molar-refractivity contribution in [3.8, 4) is 6.07 Å². The van der Waals surface area contributed by atoms with Gasteiger partial charge in [0.25, 0.3) is 5.91 Å². The van der Waals surface area contributed by atoms with Gasteiger partial charge in [-0.3, -0.25) is 4.79 Å². The molecule has 1 N–H and O–H groups in total. The van der Waals surface area contributed by atoms with E-state index in [1.807, 2.05) is 31.1 Å². The van der Waals surface area contributed by atoms with Gasteiger partial charge >= 0.3 is 5.97 Å². The van der Waals surface area contributed by atoms with E-state index in [1.165, 1.54) is 6.08 Å². The molecule has 1 fully saturated rings. The highest BCUT2D eigenvalue weighted by molar-refractivity contribution is 7.91. The second-order valence-corrected chi connectivity index (χ2v) is 9.37. The van der Waals surface area contributed by atoms with Crippen LogP contribution in [0.4, 0.5) is 5.69 Å². The number of amides is 1. The smallest absolute Gasteiger partial charge is 0.349 e. The number of carbonyl (C=O) groups excluding carboxylic acids is 2. The Morgan fingerprint density at radius 1 is 1.32 bits per heavy atom. The van der Waals surface area contributed by atoms with Crippen molar-refractivity contribution in [3.63, 3.8) is 0 Å². The number of benzene rings is 1. The molecule has 1 amide bonds. The Morgan fingerprint density at radius 3 is 2.46 bits per heavy atom. The molecule has 1 aliphatic rings. The summed E-state index contributed by atoms with van der Waals surface area (Å²) in [6.45, 7) is 1.04. The molecule has 0 spiro atoms. The van der Waals surface area contributed by atoms with Gasteiger partial charge in [0.2, 0.25) is 0 Å². The fraction of sp³-hybridized carbons (Fsp3) is 0.421. The maximum absolute atomic E-state index is 12.1. The van der Waals surface area contributed by atoms with Gasteiger partial charge in [-0.05, 0) is 37.1 Å². The van der Waals surface area contributed by atoms with Gasteiger partial charge in [-0.25, -0.2) is 13.2 Å². The molecule has 1 aromatic rings. The number of ether oxygens (including phenoxy) is 1. The van der Waals surface area contributed by atoms with Crippen LogP contribution in [0.15, 0.2) is 29.8 Å². The van der Waals surface area contributed by atoms with Crippen molar-refractivity contribution < 1.29 is 22.7 Å². The van der Waals surface area contributed by atoms with Crippen molar-refractivity contribution in [1.82, 2.24) is 5.32 Å². The van der Waals surface area contributed by atoms with Gasteiger partial charge in [0.15, 0.2) is 16.4 Å². The zero-order valence-corrected chi connectivity index (χ0v) is 16.9. The molecule has 1 saturated heterocycles. The Balaban J connectivity index is 1.95. The van der Waals surface area contributed by atoms with Crippen molar-refractivity contribution in [2.75, 3.05) is 37.1 Å². The Bertz CT molecular complexity index is 929. The van der Waals surface area contributed by atoms with Crippen LogP contribution in [0.25, 0.3) is 6.08 Å². The van der Waals surface area contributed by atoms with Crippen LogP contribution < -0.4 is 10.2 Å². The molecule has 0 radical (unpaired) electrons. The molecule has 0 saturated carbocycles. The summed E-state index contributed by atoms with van der Waals surface area (Å²) >= 11 is 0. The molecule has 0 aromatic heterocycles. The third-order valence-corrected chi connectivity index (χ3v) is 6.24. The lowest BCUT2D eigenvalue weighted by molar-refractivity contribution is -0.144. The molecular weight excluding hydrogens is 382 g/mol. The van der Waals surface area contributed by atoms with E-state index < -0.39 is 33.9 Å². The highest BCUT2D eigenvalue weighted by Crippen LogP contribution is 2.22. The van der Waals surface area contributed by atoms with Crippen molar-refractivity contribution in [2.45, 2.75) is 18.9 Å². The number of nitrogens with one attached hydrogen (secondary N) is 1. The van der Waals surface area contributed by atoms with Crippen LogP contribution in [0.1, 0.15) is 18.9 Å². The third kappa shape index (κ3) is 5.82. The second-order valence-electron chi connectivity index (χ2n) is 7.18. The quantitative estimate of drug-likeness (QED) is 0.424. The van der Waals surface area contributed by atoms with Gasteiger partial charge < -0.3 is 15.0 Å². The highest BCUT2D eigenvalue weighted by Gasteiger charge is 2.39. The normalized spacial score (nSPS) is 20.9. The largest absolute Gasteiger partial charge is 0.451 e. The molecule has 8 nitrogen and oxygen atoms in total. The number of nitrogens with zero attached hydrogens (tertiary/aromatic N) is 2. The predicted molar refractivity (Wildman–Crippen MR) is 105 cm³/mol. The summed E-state index contributed by atoms with van der Waals surface area (Å²) in [4.78, 5) is 26.0. The minimum absolute atomic E-state index is 0.0114. The molecule has 1 aromatic carbocycles. The molecule has 28 heavy (non-hydrogen) atoms. The Hall–Kier alpha value is -2.86. The summed E-state index contributed by atoms with van der Waals surface area (Å²) < 4.78 is 28.0.